The molecule has 0 atom stereocenters. The molecule has 2 nitrogen and oxygen atoms in total. The van der Waals surface area contributed by atoms with Crippen molar-refractivity contribution in [3.05, 3.63) is 36.4 Å². The molecule has 0 aromatic heterocycles. The zero-order chi connectivity index (χ0) is 14.7. The lowest BCUT2D eigenvalue weighted by Crippen LogP contribution is -2.18. The molecule has 0 saturated heterocycles. The van der Waals surface area contributed by atoms with Crippen LogP contribution in [0.4, 0.5) is 0 Å². The van der Waals surface area contributed by atoms with Gasteiger partial charge in [-0.25, -0.2) is 0 Å². The molecule has 19 heavy (non-hydrogen) atoms. The molecule has 1 aromatic carbocycles. The molecule has 0 unspecified atom stereocenters. The standard InChI is InChI=1S/C17H27O2/c1-16(2,3)13-8-9-15(19-11-10-18-7)14(12-13)17(4,5)6/h8-9,12H,7,10-11H2,1-6H3. The summed E-state index contributed by atoms with van der Waals surface area (Å²) >= 11 is 0. The van der Waals surface area contributed by atoms with Crippen molar-refractivity contribution in [1.29, 1.82) is 0 Å². The third-order valence-electron chi connectivity index (χ3n) is 3.14. The number of ether oxygens (including phenoxy) is 2. The topological polar surface area (TPSA) is 18.5 Å². The van der Waals surface area contributed by atoms with Crippen LogP contribution in [0.1, 0.15) is 52.7 Å². The van der Waals surface area contributed by atoms with E-state index in [1.54, 1.807) is 0 Å². The predicted octanol–water partition coefficient (Wildman–Crippen LogP) is 4.47. The van der Waals surface area contributed by atoms with Gasteiger partial charge in [-0.1, -0.05) is 53.7 Å². The van der Waals surface area contributed by atoms with Gasteiger partial charge in [-0.05, 0) is 28.0 Å². The van der Waals surface area contributed by atoms with Crippen LogP contribution in [0.2, 0.25) is 0 Å². The second-order valence-electron chi connectivity index (χ2n) is 6.97. The van der Waals surface area contributed by atoms with Crippen molar-refractivity contribution in [2.24, 2.45) is 0 Å². The van der Waals surface area contributed by atoms with Gasteiger partial charge < -0.3 is 9.47 Å². The Morgan fingerprint density at radius 1 is 0.947 bits per heavy atom. The molecule has 0 saturated carbocycles. The van der Waals surface area contributed by atoms with Crippen LogP contribution in [0, 0.1) is 7.11 Å². The molecule has 0 amide bonds. The molecule has 2 heteroatoms. The van der Waals surface area contributed by atoms with Gasteiger partial charge in [0.25, 0.3) is 0 Å². The maximum Gasteiger partial charge on any atom is 0.123 e. The highest BCUT2D eigenvalue weighted by Crippen LogP contribution is 2.35. The molecular weight excluding hydrogens is 236 g/mol. The van der Waals surface area contributed by atoms with E-state index < -0.39 is 0 Å². The van der Waals surface area contributed by atoms with Crippen LogP contribution >= 0.6 is 0 Å². The SMILES string of the molecule is [CH2]OCCOc1ccc(C(C)(C)C)cc1C(C)(C)C. The molecule has 0 aliphatic rings. The van der Waals surface area contributed by atoms with Crippen molar-refractivity contribution in [1.82, 2.24) is 0 Å². The van der Waals surface area contributed by atoms with E-state index in [0.29, 0.717) is 13.2 Å². The molecule has 0 N–H and O–H groups in total. The molecule has 0 heterocycles. The monoisotopic (exact) mass is 263 g/mol. The summed E-state index contributed by atoms with van der Waals surface area (Å²) in [4.78, 5) is 0. The number of benzene rings is 1. The summed E-state index contributed by atoms with van der Waals surface area (Å²) in [7, 11) is 3.35. The van der Waals surface area contributed by atoms with E-state index >= 15 is 0 Å². The summed E-state index contributed by atoms with van der Waals surface area (Å²) in [5.41, 5.74) is 2.78. The largest absolute Gasteiger partial charge is 0.491 e. The van der Waals surface area contributed by atoms with Crippen molar-refractivity contribution in [2.45, 2.75) is 52.4 Å². The second kappa shape index (κ2) is 5.96. The summed E-state index contributed by atoms with van der Waals surface area (Å²) < 4.78 is 10.6. The quantitative estimate of drug-likeness (QED) is 0.746. The van der Waals surface area contributed by atoms with Gasteiger partial charge in [-0.3, -0.25) is 0 Å². The van der Waals surface area contributed by atoms with Gasteiger partial charge in [0, 0.05) is 0 Å². The molecule has 1 rings (SSSR count). The van der Waals surface area contributed by atoms with E-state index in [2.05, 4.69) is 66.9 Å². The van der Waals surface area contributed by atoms with Gasteiger partial charge in [0.05, 0.1) is 13.7 Å². The Balaban J connectivity index is 3.11. The fraction of sp³-hybridized carbons (Fsp3) is 0.588. The Hall–Kier alpha value is -1.02. The summed E-state index contributed by atoms with van der Waals surface area (Å²) in [6.45, 7) is 14.3. The van der Waals surface area contributed by atoms with Gasteiger partial charge in [0.15, 0.2) is 0 Å². The van der Waals surface area contributed by atoms with Crippen molar-refractivity contribution in [3.8, 4) is 5.75 Å². The lowest BCUT2D eigenvalue weighted by molar-refractivity contribution is 0.172. The van der Waals surface area contributed by atoms with E-state index in [-0.39, 0.29) is 10.8 Å². The maximum absolute atomic E-state index is 5.81. The third kappa shape index (κ3) is 4.54. The molecule has 0 aliphatic carbocycles. The van der Waals surface area contributed by atoms with Crippen molar-refractivity contribution in [2.75, 3.05) is 13.2 Å². The summed E-state index contributed by atoms with van der Waals surface area (Å²) in [6, 6.07) is 6.49. The first-order chi connectivity index (χ1) is 8.66. The van der Waals surface area contributed by atoms with Crippen molar-refractivity contribution in [3.63, 3.8) is 0 Å². The Kier molecular flexibility index (Phi) is 5.03. The van der Waals surface area contributed by atoms with Gasteiger partial charge >= 0.3 is 0 Å². The molecule has 0 aliphatic heterocycles. The maximum atomic E-state index is 5.81. The van der Waals surface area contributed by atoms with Crippen LogP contribution in [-0.4, -0.2) is 13.2 Å². The van der Waals surface area contributed by atoms with Gasteiger partial charge in [0.1, 0.15) is 12.4 Å². The summed E-state index contributed by atoms with van der Waals surface area (Å²) in [6.07, 6.45) is 0. The van der Waals surface area contributed by atoms with Crippen molar-refractivity contribution < 1.29 is 9.47 Å². The highest BCUT2D eigenvalue weighted by molar-refractivity contribution is 5.43. The molecular formula is C17H27O2. The first-order valence-corrected chi connectivity index (χ1v) is 6.81. The minimum Gasteiger partial charge on any atom is -0.491 e. The van der Waals surface area contributed by atoms with E-state index in [0.717, 1.165) is 5.75 Å². The molecule has 0 bridgehead atoms. The average Bonchev–Trinajstić information content (AvgIpc) is 2.27. The van der Waals surface area contributed by atoms with Gasteiger partial charge in [0.2, 0.25) is 0 Å². The first kappa shape index (κ1) is 16.0. The fourth-order valence-electron chi connectivity index (χ4n) is 1.92. The zero-order valence-corrected chi connectivity index (χ0v) is 13.2. The van der Waals surface area contributed by atoms with E-state index in [9.17, 15) is 0 Å². The number of hydrogen-bond acceptors (Lipinski definition) is 2. The Labute approximate surface area is 118 Å². The lowest BCUT2D eigenvalue weighted by Gasteiger charge is -2.27. The first-order valence-electron chi connectivity index (χ1n) is 6.81. The smallest absolute Gasteiger partial charge is 0.123 e. The van der Waals surface area contributed by atoms with Crippen LogP contribution < -0.4 is 4.74 Å². The Bertz CT molecular complexity index is 408. The fourth-order valence-corrected chi connectivity index (χ4v) is 1.92. The molecule has 107 valence electrons. The highest BCUT2D eigenvalue weighted by Gasteiger charge is 2.22. The molecule has 1 radical (unpaired) electrons. The molecule has 0 fully saturated rings. The normalized spacial score (nSPS) is 12.6. The highest BCUT2D eigenvalue weighted by atomic mass is 16.5. The third-order valence-corrected chi connectivity index (χ3v) is 3.14. The second-order valence-corrected chi connectivity index (χ2v) is 6.97. The summed E-state index contributed by atoms with van der Waals surface area (Å²) in [5.74, 6) is 0.942. The van der Waals surface area contributed by atoms with Crippen LogP contribution in [0.25, 0.3) is 0 Å². The molecule has 0 spiro atoms. The zero-order valence-electron chi connectivity index (χ0n) is 13.2. The number of rotatable bonds is 4. The minimum absolute atomic E-state index is 0.0575. The predicted molar refractivity (Wildman–Crippen MR) is 80.6 cm³/mol. The van der Waals surface area contributed by atoms with Crippen LogP contribution in [0.5, 0.6) is 5.75 Å². The average molecular weight is 263 g/mol. The lowest BCUT2D eigenvalue weighted by atomic mass is 9.80. The minimum atomic E-state index is 0.0575. The Morgan fingerprint density at radius 3 is 2.05 bits per heavy atom. The number of hydrogen-bond donors (Lipinski definition) is 0. The van der Waals surface area contributed by atoms with E-state index in [1.165, 1.54) is 11.1 Å². The van der Waals surface area contributed by atoms with Gasteiger partial charge in [-0.15, -0.1) is 0 Å². The Morgan fingerprint density at radius 2 is 1.58 bits per heavy atom. The van der Waals surface area contributed by atoms with E-state index in [1.807, 2.05) is 0 Å². The van der Waals surface area contributed by atoms with Crippen LogP contribution in [0.3, 0.4) is 0 Å². The van der Waals surface area contributed by atoms with Gasteiger partial charge in [-0.2, -0.15) is 0 Å². The summed E-state index contributed by atoms with van der Waals surface area (Å²) in [5, 5.41) is 0. The van der Waals surface area contributed by atoms with E-state index in [4.69, 9.17) is 9.47 Å². The van der Waals surface area contributed by atoms with Crippen LogP contribution in [0.15, 0.2) is 18.2 Å². The molecule has 1 aromatic rings. The van der Waals surface area contributed by atoms with Crippen molar-refractivity contribution >= 4 is 0 Å². The van der Waals surface area contributed by atoms with Crippen LogP contribution in [-0.2, 0) is 15.6 Å².